The van der Waals surface area contributed by atoms with Crippen LogP contribution in [0.5, 0.6) is 0 Å². The van der Waals surface area contributed by atoms with Gasteiger partial charge in [0.15, 0.2) is 0 Å². The average Bonchev–Trinajstić information content (AvgIpc) is 2.95. The number of aliphatic hydroxyl groups excluding tert-OH is 1. The Balaban J connectivity index is 2.03. The standard InChI is InChI=1S/C17H18FNO2/c1-19(12-15-7-9-21-13-15)11-14-5-6-17(18)16(10-14)4-2-3-8-20/h5-7,9-10,13,20H,3,8,11-12H2,1H3. The number of rotatable bonds is 5. The fraction of sp³-hybridized carbons (Fsp3) is 0.294. The third kappa shape index (κ3) is 4.75. The molecule has 2 rings (SSSR count). The molecule has 0 aliphatic heterocycles. The van der Waals surface area contributed by atoms with Gasteiger partial charge in [0.1, 0.15) is 5.82 Å². The van der Waals surface area contributed by atoms with Gasteiger partial charge in [-0.15, -0.1) is 0 Å². The highest BCUT2D eigenvalue weighted by atomic mass is 19.1. The van der Waals surface area contributed by atoms with Gasteiger partial charge in [-0.05, 0) is 30.8 Å². The molecule has 1 aromatic carbocycles. The SMILES string of the molecule is CN(Cc1ccoc1)Cc1ccc(F)c(C#CCCO)c1. The molecule has 2 aromatic rings. The molecule has 0 atom stereocenters. The maximum atomic E-state index is 13.6. The summed E-state index contributed by atoms with van der Waals surface area (Å²) in [6.45, 7) is 1.45. The van der Waals surface area contributed by atoms with Crippen LogP contribution in [-0.2, 0) is 13.1 Å². The number of halogens is 1. The Morgan fingerprint density at radius 2 is 2.05 bits per heavy atom. The topological polar surface area (TPSA) is 36.6 Å². The lowest BCUT2D eigenvalue weighted by atomic mass is 10.1. The van der Waals surface area contributed by atoms with Gasteiger partial charge in [0.25, 0.3) is 0 Å². The number of benzene rings is 1. The van der Waals surface area contributed by atoms with Crippen molar-refractivity contribution in [2.45, 2.75) is 19.5 Å². The summed E-state index contributed by atoms with van der Waals surface area (Å²) in [4.78, 5) is 2.11. The summed E-state index contributed by atoms with van der Waals surface area (Å²) in [7, 11) is 1.99. The van der Waals surface area contributed by atoms with Crippen LogP contribution in [0.25, 0.3) is 0 Å². The highest BCUT2D eigenvalue weighted by Crippen LogP contribution is 2.13. The molecule has 1 N–H and O–H groups in total. The maximum absolute atomic E-state index is 13.6. The fourth-order valence-electron chi connectivity index (χ4n) is 2.04. The van der Waals surface area contributed by atoms with Crippen LogP contribution in [-0.4, -0.2) is 23.7 Å². The highest BCUT2D eigenvalue weighted by Gasteiger charge is 2.06. The zero-order valence-electron chi connectivity index (χ0n) is 12.0. The quantitative estimate of drug-likeness (QED) is 0.859. The minimum Gasteiger partial charge on any atom is -0.472 e. The molecule has 0 unspecified atom stereocenters. The summed E-state index contributed by atoms with van der Waals surface area (Å²) in [5, 5.41) is 8.70. The molecule has 110 valence electrons. The predicted molar refractivity (Wildman–Crippen MR) is 78.9 cm³/mol. The number of hydrogen-bond acceptors (Lipinski definition) is 3. The monoisotopic (exact) mass is 287 g/mol. The Hall–Kier alpha value is -2.09. The second-order valence-corrected chi connectivity index (χ2v) is 4.89. The van der Waals surface area contributed by atoms with Crippen LogP contribution >= 0.6 is 0 Å². The van der Waals surface area contributed by atoms with E-state index >= 15 is 0 Å². The second kappa shape index (κ2) is 7.63. The van der Waals surface area contributed by atoms with E-state index in [9.17, 15) is 4.39 Å². The van der Waals surface area contributed by atoms with E-state index in [4.69, 9.17) is 9.52 Å². The lowest BCUT2D eigenvalue weighted by molar-refractivity contribution is 0.305. The molecule has 0 saturated carbocycles. The van der Waals surface area contributed by atoms with Gasteiger partial charge in [0.05, 0.1) is 24.7 Å². The Labute approximate surface area is 124 Å². The van der Waals surface area contributed by atoms with Crippen molar-refractivity contribution in [2.75, 3.05) is 13.7 Å². The molecule has 4 heteroatoms. The van der Waals surface area contributed by atoms with Crippen molar-refractivity contribution >= 4 is 0 Å². The third-order valence-corrected chi connectivity index (χ3v) is 2.98. The van der Waals surface area contributed by atoms with Crippen molar-refractivity contribution in [3.8, 4) is 11.8 Å². The van der Waals surface area contributed by atoms with E-state index in [1.807, 2.05) is 13.1 Å². The summed E-state index contributed by atoms with van der Waals surface area (Å²) < 4.78 is 18.7. The first-order chi connectivity index (χ1) is 10.2. The van der Waals surface area contributed by atoms with E-state index in [2.05, 4.69) is 16.7 Å². The molecule has 0 spiro atoms. The molecular weight excluding hydrogens is 269 g/mol. The molecule has 0 radical (unpaired) electrons. The van der Waals surface area contributed by atoms with E-state index in [0.29, 0.717) is 18.5 Å². The third-order valence-electron chi connectivity index (χ3n) is 2.98. The first-order valence-corrected chi connectivity index (χ1v) is 6.77. The predicted octanol–water partition coefficient (Wildman–Crippen LogP) is 2.78. The molecule has 3 nitrogen and oxygen atoms in total. The van der Waals surface area contributed by atoms with Gasteiger partial charge in [-0.1, -0.05) is 17.9 Å². The van der Waals surface area contributed by atoms with Crippen LogP contribution in [0.3, 0.4) is 0 Å². The largest absolute Gasteiger partial charge is 0.472 e. The zero-order chi connectivity index (χ0) is 15.1. The van der Waals surface area contributed by atoms with Crippen molar-refractivity contribution < 1.29 is 13.9 Å². The van der Waals surface area contributed by atoms with E-state index < -0.39 is 0 Å². The molecule has 1 aromatic heterocycles. The van der Waals surface area contributed by atoms with Crippen LogP contribution in [0.4, 0.5) is 4.39 Å². The molecule has 0 bridgehead atoms. The van der Waals surface area contributed by atoms with Crippen molar-refractivity contribution in [3.05, 3.63) is 59.3 Å². The summed E-state index contributed by atoms with van der Waals surface area (Å²) in [6, 6.07) is 6.88. The second-order valence-electron chi connectivity index (χ2n) is 4.89. The van der Waals surface area contributed by atoms with Crippen molar-refractivity contribution in [3.63, 3.8) is 0 Å². The molecule has 21 heavy (non-hydrogen) atoms. The summed E-state index contributed by atoms with van der Waals surface area (Å²) in [6.07, 6.45) is 3.72. The molecule has 0 aliphatic carbocycles. The van der Waals surface area contributed by atoms with Crippen LogP contribution in [0.2, 0.25) is 0 Å². The van der Waals surface area contributed by atoms with Crippen molar-refractivity contribution in [1.82, 2.24) is 4.90 Å². The van der Waals surface area contributed by atoms with Gasteiger partial charge in [0.2, 0.25) is 0 Å². The van der Waals surface area contributed by atoms with Gasteiger partial charge in [-0.25, -0.2) is 4.39 Å². The van der Waals surface area contributed by atoms with Gasteiger partial charge in [-0.2, -0.15) is 0 Å². The Bertz CT molecular complexity index is 626. The van der Waals surface area contributed by atoms with Crippen molar-refractivity contribution in [2.24, 2.45) is 0 Å². The van der Waals surface area contributed by atoms with Crippen LogP contribution in [0.1, 0.15) is 23.1 Å². The molecule has 0 fully saturated rings. The smallest absolute Gasteiger partial charge is 0.138 e. The van der Waals surface area contributed by atoms with E-state index in [0.717, 1.165) is 17.7 Å². The summed E-state index contributed by atoms with van der Waals surface area (Å²) in [5.74, 6) is 5.17. The first-order valence-electron chi connectivity index (χ1n) is 6.77. The Morgan fingerprint density at radius 1 is 1.24 bits per heavy atom. The number of nitrogens with zero attached hydrogens (tertiary/aromatic N) is 1. The number of aliphatic hydroxyl groups is 1. The molecule has 0 aliphatic rings. The maximum Gasteiger partial charge on any atom is 0.138 e. The highest BCUT2D eigenvalue weighted by molar-refractivity contribution is 5.38. The Kier molecular flexibility index (Phi) is 5.56. The van der Waals surface area contributed by atoms with Gasteiger partial charge in [0, 0.05) is 25.1 Å². The molecular formula is C17H18FNO2. The lowest BCUT2D eigenvalue weighted by Crippen LogP contribution is -2.17. The van der Waals surface area contributed by atoms with E-state index in [-0.39, 0.29) is 12.4 Å². The van der Waals surface area contributed by atoms with Gasteiger partial charge < -0.3 is 9.52 Å². The average molecular weight is 287 g/mol. The first kappa shape index (κ1) is 15.3. The van der Waals surface area contributed by atoms with Crippen molar-refractivity contribution in [1.29, 1.82) is 0 Å². The zero-order valence-corrected chi connectivity index (χ0v) is 12.0. The normalized spacial score (nSPS) is 10.5. The minimum absolute atomic E-state index is 0.0122. The van der Waals surface area contributed by atoms with E-state index in [1.165, 1.54) is 6.07 Å². The van der Waals surface area contributed by atoms with Gasteiger partial charge >= 0.3 is 0 Å². The van der Waals surface area contributed by atoms with Crippen LogP contribution in [0, 0.1) is 17.7 Å². The molecule has 1 heterocycles. The van der Waals surface area contributed by atoms with E-state index in [1.54, 1.807) is 24.7 Å². The molecule has 0 saturated heterocycles. The van der Waals surface area contributed by atoms with Crippen LogP contribution in [0.15, 0.2) is 41.2 Å². The number of hydrogen-bond donors (Lipinski definition) is 1. The fourth-order valence-corrected chi connectivity index (χ4v) is 2.04. The number of furan rings is 1. The minimum atomic E-state index is -0.332. The van der Waals surface area contributed by atoms with Gasteiger partial charge in [-0.3, -0.25) is 4.90 Å². The lowest BCUT2D eigenvalue weighted by Gasteiger charge is -2.15. The van der Waals surface area contributed by atoms with Crippen LogP contribution < -0.4 is 0 Å². The summed E-state index contributed by atoms with van der Waals surface area (Å²) >= 11 is 0. The molecule has 0 amide bonds. The summed E-state index contributed by atoms with van der Waals surface area (Å²) in [5.41, 5.74) is 2.47. The Morgan fingerprint density at radius 3 is 2.76 bits per heavy atom.